The van der Waals surface area contributed by atoms with E-state index in [-0.39, 0.29) is 0 Å². The van der Waals surface area contributed by atoms with Gasteiger partial charge in [0.15, 0.2) is 5.65 Å². The van der Waals surface area contributed by atoms with Gasteiger partial charge in [-0.1, -0.05) is 43.0 Å². The monoisotopic (exact) mass is 369 g/mol. The van der Waals surface area contributed by atoms with Gasteiger partial charge in [0.05, 0.1) is 22.3 Å². The molecule has 0 unspecified atom stereocenters. The largest absolute Gasteiger partial charge is 0.359 e. The molecule has 6 heteroatoms. The van der Waals surface area contributed by atoms with Crippen molar-refractivity contribution in [2.45, 2.75) is 44.9 Å². The molecule has 26 heavy (non-hydrogen) atoms. The summed E-state index contributed by atoms with van der Waals surface area (Å²) in [4.78, 5) is 12.1. The molecular formula is C20H24ClN5. The van der Waals surface area contributed by atoms with Crippen molar-refractivity contribution in [2.75, 3.05) is 18.5 Å². The molecule has 2 heterocycles. The first-order chi connectivity index (χ1) is 12.7. The van der Waals surface area contributed by atoms with Crippen LogP contribution in [0.4, 0.5) is 5.82 Å². The highest BCUT2D eigenvalue weighted by Gasteiger charge is 2.23. The Morgan fingerprint density at radius 2 is 1.92 bits per heavy atom. The van der Waals surface area contributed by atoms with Crippen molar-refractivity contribution in [3.05, 3.63) is 41.3 Å². The first kappa shape index (κ1) is 17.3. The zero-order chi connectivity index (χ0) is 18.1. The quantitative estimate of drug-likeness (QED) is 0.651. The molecule has 5 nitrogen and oxygen atoms in total. The van der Waals surface area contributed by atoms with Crippen LogP contribution in [0.15, 0.2) is 30.5 Å². The maximum absolute atomic E-state index is 6.42. The molecule has 0 amide bonds. The van der Waals surface area contributed by atoms with Crippen LogP contribution in [0.3, 0.4) is 0 Å². The third-order valence-electron chi connectivity index (χ3n) is 5.31. The first-order valence-corrected chi connectivity index (χ1v) is 9.78. The molecule has 0 N–H and O–H groups in total. The number of rotatable bonds is 4. The Hall–Kier alpha value is -2.14. The summed E-state index contributed by atoms with van der Waals surface area (Å²) in [7, 11) is 2.07. The molecular weight excluding hydrogens is 346 g/mol. The number of anilines is 1. The van der Waals surface area contributed by atoms with Crippen LogP contribution in [0.25, 0.3) is 16.7 Å². The molecule has 0 spiro atoms. The Kier molecular flexibility index (Phi) is 4.81. The average molecular weight is 370 g/mol. The van der Waals surface area contributed by atoms with E-state index < -0.39 is 0 Å². The minimum Gasteiger partial charge on any atom is -0.359 e. The smallest absolute Gasteiger partial charge is 0.168 e. The minimum atomic E-state index is 0.437. The Bertz CT molecular complexity index is 914. The van der Waals surface area contributed by atoms with Crippen LogP contribution < -0.4 is 4.90 Å². The van der Waals surface area contributed by atoms with Gasteiger partial charge in [0.2, 0.25) is 0 Å². The highest BCUT2D eigenvalue weighted by molar-refractivity contribution is 6.32. The molecule has 0 atom stereocenters. The van der Waals surface area contributed by atoms with Crippen LogP contribution in [-0.4, -0.2) is 33.3 Å². The van der Waals surface area contributed by atoms with Gasteiger partial charge in [-0.3, -0.25) is 0 Å². The number of fused-ring (bicyclic) bond motifs is 1. The van der Waals surface area contributed by atoms with E-state index in [1.165, 1.54) is 32.1 Å². The lowest BCUT2D eigenvalue weighted by Gasteiger charge is -2.23. The Labute approximate surface area is 159 Å². The topological polar surface area (TPSA) is 46.8 Å². The summed E-state index contributed by atoms with van der Waals surface area (Å²) in [6.45, 7) is 3.01. The van der Waals surface area contributed by atoms with Crippen LogP contribution in [0, 0.1) is 0 Å². The highest BCUT2D eigenvalue weighted by atomic mass is 35.5. The van der Waals surface area contributed by atoms with E-state index in [0.29, 0.717) is 10.9 Å². The molecule has 136 valence electrons. The molecule has 0 bridgehead atoms. The van der Waals surface area contributed by atoms with Crippen molar-refractivity contribution in [1.82, 2.24) is 19.7 Å². The number of aromatic nitrogens is 4. The van der Waals surface area contributed by atoms with E-state index in [1.54, 1.807) is 0 Å². The van der Waals surface area contributed by atoms with Crippen molar-refractivity contribution in [2.24, 2.45) is 0 Å². The number of halogens is 1. The molecule has 0 aliphatic heterocycles. The maximum atomic E-state index is 6.42. The molecule has 0 saturated heterocycles. The first-order valence-electron chi connectivity index (χ1n) is 9.40. The predicted octanol–water partition coefficient (Wildman–Crippen LogP) is 4.97. The summed E-state index contributed by atoms with van der Waals surface area (Å²) in [5.41, 5.74) is 1.69. The van der Waals surface area contributed by atoms with Crippen LogP contribution in [0.1, 0.15) is 50.8 Å². The Morgan fingerprint density at radius 1 is 1.15 bits per heavy atom. The van der Waals surface area contributed by atoms with E-state index in [1.807, 2.05) is 35.1 Å². The number of benzene rings is 1. The summed E-state index contributed by atoms with van der Waals surface area (Å²) in [6, 6.07) is 7.75. The van der Waals surface area contributed by atoms with Crippen LogP contribution in [-0.2, 0) is 0 Å². The van der Waals surface area contributed by atoms with Gasteiger partial charge in [-0.2, -0.15) is 5.10 Å². The number of para-hydroxylation sites is 1. The third kappa shape index (κ3) is 3.05. The molecule has 4 rings (SSSR count). The van der Waals surface area contributed by atoms with Gasteiger partial charge in [0.1, 0.15) is 11.6 Å². The Morgan fingerprint density at radius 3 is 2.65 bits per heavy atom. The summed E-state index contributed by atoms with van der Waals surface area (Å²) >= 11 is 6.42. The summed E-state index contributed by atoms with van der Waals surface area (Å²) in [5, 5.41) is 6.23. The van der Waals surface area contributed by atoms with E-state index in [4.69, 9.17) is 21.6 Å². The number of nitrogens with zero attached hydrogens (tertiary/aromatic N) is 5. The Balaban J connectivity index is 1.91. The second-order valence-corrected chi connectivity index (χ2v) is 7.41. The summed E-state index contributed by atoms with van der Waals surface area (Å²) in [5.74, 6) is 2.34. The standard InChI is InChI=1S/C20H24ClN5/c1-3-25(2)19-15-13-22-26(17-12-8-7-11-16(17)21)20(15)24-18(23-19)14-9-5-4-6-10-14/h7-8,11-14H,3-6,9-10H2,1-2H3. The third-order valence-corrected chi connectivity index (χ3v) is 5.63. The zero-order valence-corrected chi connectivity index (χ0v) is 16.1. The average Bonchev–Trinajstić information content (AvgIpc) is 3.11. The molecule has 1 fully saturated rings. The normalized spacial score (nSPS) is 15.5. The van der Waals surface area contributed by atoms with Gasteiger partial charge in [-0.25, -0.2) is 14.6 Å². The lowest BCUT2D eigenvalue weighted by molar-refractivity contribution is 0.429. The van der Waals surface area contributed by atoms with E-state index in [2.05, 4.69) is 24.0 Å². The van der Waals surface area contributed by atoms with Crippen LogP contribution in [0.5, 0.6) is 0 Å². The minimum absolute atomic E-state index is 0.437. The molecule has 0 radical (unpaired) electrons. The van der Waals surface area contributed by atoms with Gasteiger partial charge >= 0.3 is 0 Å². The van der Waals surface area contributed by atoms with Crippen molar-refractivity contribution < 1.29 is 0 Å². The van der Waals surface area contributed by atoms with Gasteiger partial charge in [-0.05, 0) is 31.9 Å². The molecule has 1 aromatic carbocycles. The van der Waals surface area contributed by atoms with Gasteiger partial charge in [-0.15, -0.1) is 0 Å². The van der Waals surface area contributed by atoms with Crippen LogP contribution >= 0.6 is 11.6 Å². The zero-order valence-electron chi connectivity index (χ0n) is 15.3. The van der Waals surface area contributed by atoms with E-state index in [9.17, 15) is 0 Å². The molecule has 1 aliphatic carbocycles. The molecule has 2 aromatic heterocycles. The number of hydrogen-bond donors (Lipinski definition) is 0. The fourth-order valence-corrected chi connectivity index (χ4v) is 3.91. The molecule has 3 aromatic rings. The summed E-state index contributed by atoms with van der Waals surface area (Å²) in [6.07, 6.45) is 8.02. The van der Waals surface area contributed by atoms with Gasteiger partial charge in [0.25, 0.3) is 0 Å². The van der Waals surface area contributed by atoms with E-state index >= 15 is 0 Å². The lowest BCUT2D eigenvalue weighted by atomic mass is 9.88. The highest BCUT2D eigenvalue weighted by Crippen LogP contribution is 2.34. The van der Waals surface area contributed by atoms with Crippen LogP contribution in [0.2, 0.25) is 5.02 Å². The SMILES string of the molecule is CCN(C)c1nc(C2CCCCC2)nc2c1cnn2-c1ccccc1Cl. The van der Waals surface area contributed by atoms with Crippen molar-refractivity contribution >= 4 is 28.5 Å². The van der Waals surface area contributed by atoms with Crippen molar-refractivity contribution in [1.29, 1.82) is 0 Å². The van der Waals surface area contributed by atoms with Gasteiger partial charge in [0, 0.05) is 19.5 Å². The second-order valence-electron chi connectivity index (χ2n) is 7.00. The number of hydrogen-bond acceptors (Lipinski definition) is 4. The maximum Gasteiger partial charge on any atom is 0.168 e. The molecule has 1 aliphatic rings. The fraction of sp³-hybridized carbons (Fsp3) is 0.450. The lowest BCUT2D eigenvalue weighted by Crippen LogP contribution is -2.20. The molecule has 1 saturated carbocycles. The summed E-state index contributed by atoms with van der Waals surface area (Å²) < 4.78 is 1.85. The van der Waals surface area contributed by atoms with Crippen molar-refractivity contribution in [3.8, 4) is 5.69 Å². The van der Waals surface area contributed by atoms with Gasteiger partial charge < -0.3 is 4.90 Å². The second kappa shape index (κ2) is 7.23. The fourth-order valence-electron chi connectivity index (χ4n) is 3.69. The van der Waals surface area contributed by atoms with E-state index in [0.717, 1.165) is 34.9 Å². The predicted molar refractivity (Wildman–Crippen MR) is 106 cm³/mol. The van der Waals surface area contributed by atoms with Crippen molar-refractivity contribution in [3.63, 3.8) is 0 Å².